The van der Waals surface area contributed by atoms with Crippen molar-refractivity contribution in [1.82, 2.24) is 5.32 Å². The van der Waals surface area contributed by atoms with Gasteiger partial charge >= 0.3 is 0 Å². The molecule has 0 saturated heterocycles. The van der Waals surface area contributed by atoms with Crippen LogP contribution in [0, 0.1) is 5.92 Å². The second-order valence-electron chi connectivity index (χ2n) is 6.74. The van der Waals surface area contributed by atoms with E-state index in [9.17, 15) is 0 Å². The molecule has 0 aromatic rings. The summed E-state index contributed by atoms with van der Waals surface area (Å²) in [5.74, 6) is 0.563. The van der Waals surface area contributed by atoms with Crippen LogP contribution in [0.2, 0.25) is 0 Å². The van der Waals surface area contributed by atoms with E-state index in [1.54, 1.807) is 0 Å². The first-order chi connectivity index (χ1) is 7.91. The summed E-state index contributed by atoms with van der Waals surface area (Å²) in [6.07, 6.45) is 9.87. The van der Waals surface area contributed by atoms with Gasteiger partial charge in [-0.25, -0.2) is 0 Å². The van der Waals surface area contributed by atoms with Crippen molar-refractivity contribution in [3.63, 3.8) is 0 Å². The van der Waals surface area contributed by atoms with Crippen LogP contribution in [-0.4, -0.2) is 17.2 Å². The number of hydrogen-bond donors (Lipinski definition) is 3. The molecule has 3 heteroatoms. The Balaban J connectivity index is 1.94. The van der Waals surface area contributed by atoms with E-state index < -0.39 is 5.66 Å². The molecule has 2 saturated carbocycles. The highest BCUT2D eigenvalue weighted by Gasteiger charge is 2.42. The zero-order chi connectivity index (χ0) is 12.5. The van der Waals surface area contributed by atoms with Gasteiger partial charge in [-0.05, 0) is 44.9 Å². The monoisotopic (exact) mass is 239 g/mol. The number of hydrogen-bond acceptors (Lipinski definition) is 3. The van der Waals surface area contributed by atoms with Gasteiger partial charge in [-0.15, -0.1) is 0 Å². The molecule has 0 heterocycles. The lowest BCUT2D eigenvalue weighted by molar-refractivity contribution is 0.0975. The molecule has 2 fully saturated rings. The van der Waals surface area contributed by atoms with Gasteiger partial charge in [0.05, 0.1) is 5.66 Å². The topological polar surface area (TPSA) is 64.1 Å². The third-order valence-corrected chi connectivity index (χ3v) is 5.02. The summed E-state index contributed by atoms with van der Waals surface area (Å²) in [6, 6.07) is 0.722. The van der Waals surface area contributed by atoms with Crippen LogP contribution in [0.3, 0.4) is 0 Å². The first-order valence-electron chi connectivity index (χ1n) is 7.27. The number of nitrogens with one attached hydrogen (secondary N) is 1. The minimum atomic E-state index is -0.437. The van der Waals surface area contributed by atoms with Gasteiger partial charge in [0.25, 0.3) is 0 Å². The minimum absolute atomic E-state index is 0.240. The molecule has 100 valence electrons. The summed E-state index contributed by atoms with van der Waals surface area (Å²) in [7, 11) is 0. The molecule has 2 unspecified atom stereocenters. The molecule has 2 aliphatic carbocycles. The Morgan fingerprint density at radius 2 is 1.71 bits per heavy atom. The molecule has 0 aromatic heterocycles. The smallest absolute Gasteiger partial charge is 0.0640 e. The number of rotatable bonds is 2. The maximum absolute atomic E-state index is 6.07. The van der Waals surface area contributed by atoms with Crippen LogP contribution in [0.15, 0.2) is 0 Å². The Morgan fingerprint density at radius 1 is 1.06 bits per heavy atom. The maximum Gasteiger partial charge on any atom is 0.0640 e. The summed E-state index contributed by atoms with van der Waals surface area (Å²) >= 11 is 0. The van der Waals surface area contributed by atoms with Crippen LogP contribution < -0.4 is 16.8 Å². The fourth-order valence-corrected chi connectivity index (χ4v) is 3.56. The lowest BCUT2D eigenvalue weighted by Gasteiger charge is -2.48. The fourth-order valence-electron chi connectivity index (χ4n) is 3.56. The van der Waals surface area contributed by atoms with Gasteiger partial charge < -0.3 is 16.8 Å². The molecule has 17 heavy (non-hydrogen) atoms. The lowest BCUT2D eigenvalue weighted by atomic mass is 9.70. The Bertz CT molecular complexity index is 258. The molecule has 5 N–H and O–H groups in total. The van der Waals surface area contributed by atoms with Crippen molar-refractivity contribution in [2.45, 2.75) is 82.5 Å². The average Bonchev–Trinajstić information content (AvgIpc) is 2.26. The SMILES string of the molecule is CC1CC(N)(N)CCC1(C)NC1CCCCC1. The van der Waals surface area contributed by atoms with Crippen molar-refractivity contribution < 1.29 is 0 Å². The first-order valence-corrected chi connectivity index (χ1v) is 7.27. The molecule has 3 nitrogen and oxygen atoms in total. The summed E-state index contributed by atoms with van der Waals surface area (Å²) in [5.41, 5.74) is 11.9. The third kappa shape index (κ3) is 3.21. The standard InChI is InChI=1S/C14H29N3/c1-11-10-14(15,16)9-8-13(11,2)17-12-6-4-3-5-7-12/h11-12,17H,3-10,15-16H2,1-2H3. The van der Waals surface area contributed by atoms with Crippen molar-refractivity contribution in [3.8, 4) is 0 Å². The quantitative estimate of drug-likeness (QED) is 0.647. The second kappa shape index (κ2) is 4.87. The van der Waals surface area contributed by atoms with E-state index in [1.807, 2.05) is 0 Å². The Labute approximate surface area is 106 Å². The van der Waals surface area contributed by atoms with Crippen molar-refractivity contribution in [2.75, 3.05) is 0 Å². The van der Waals surface area contributed by atoms with Gasteiger partial charge in [-0.2, -0.15) is 0 Å². The van der Waals surface area contributed by atoms with Gasteiger partial charge in [-0.3, -0.25) is 0 Å². The molecule has 0 amide bonds. The van der Waals surface area contributed by atoms with Gasteiger partial charge in [-0.1, -0.05) is 26.2 Å². The first kappa shape index (κ1) is 13.3. The molecule has 0 spiro atoms. The molecular weight excluding hydrogens is 210 g/mol. The van der Waals surface area contributed by atoms with E-state index >= 15 is 0 Å². The van der Waals surface area contributed by atoms with Crippen molar-refractivity contribution >= 4 is 0 Å². The van der Waals surface area contributed by atoms with E-state index in [1.165, 1.54) is 32.1 Å². The summed E-state index contributed by atoms with van der Waals surface area (Å²) in [4.78, 5) is 0. The van der Waals surface area contributed by atoms with E-state index in [2.05, 4.69) is 19.2 Å². The molecule has 2 aliphatic rings. The van der Waals surface area contributed by atoms with Crippen molar-refractivity contribution in [3.05, 3.63) is 0 Å². The Morgan fingerprint density at radius 3 is 2.29 bits per heavy atom. The molecule has 2 rings (SSSR count). The van der Waals surface area contributed by atoms with Crippen LogP contribution in [0.25, 0.3) is 0 Å². The molecular formula is C14H29N3. The van der Waals surface area contributed by atoms with Gasteiger partial charge in [0.2, 0.25) is 0 Å². The van der Waals surface area contributed by atoms with Crippen LogP contribution in [0.5, 0.6) is 0 Å². The summed E-state index contributed by atoms with van der Waals surface area (Å²) < 4.78 is 0. The zero-order valence-corrected chi connectivity index (χ0v) is 11.5. The van der Waals surface area contributed by atoms with E-state index in [0.717, 1.165) is 25.3 Å². The van der Waals surface area contributed by atoms with Crippen LogP contribution in [-0.2, 0) is 0 Å². The molecule has 0 aliphatic heterocycles. The summed E-state index contributed by atoms with van der Waals surface area (Å²) in [5, 5.41) is 3.91. The minimum Gasteiger partial charge on any atom is -0.313 e. The molecule has 2 atom stereocenters. The molecule has 0 aromatic carbocycles. The lowest BCUT2D eigenvalue weighted by Crippen LogP contribution is -2.63. The normalized spacial score (nSPS) is 39.2. The van der Waals surface area contributed by atoms with Gasteiger partial charge in [0.1, 0.15) is 0 Å². The highest BCUT2D eigenvalue weighted by Crippen LogP contribution is 2.37. The van der Waals surface area contributed by atoms with E-state index in [0.29, 0.717) is 5.92 Å². The Hall–Kier alpha value is -0.120. The highest BCUT2D eigenvalue weighted by atomic mass is 15.0. The highest BCUT2D eigenvalue weighted by molar-refractivity contribution is 5.00. The second-order valence-corrected chi connectivity index (χ2v) is 6.74. The molecule has 0 bridgehead atoms. The predicted octanol–water partition coefficient (Wildman–Crippen LogP) is 2.10. The van der Waals surface area contributed by atoms with Crippen LogP contribution in [0.1, 0.15) is 65.2 Å². The van der Waals surface area contributed by atoms with Crippen molar-refractivity contribution in [1.29, 1.82) is 0 Å². The van der Waals surface area contributed by atoms with E-state index in [-0.39, 0.29) is 5.54 Å². The van der Waals surface area contributed by atoms with E-state index in [4.69, 9.17) is 11.5 Å². The molecule has 0 radical (unpaired) electrons. The van der Waals surface area contributed by atoms with Crippen LogP contribution in [0.4, 0.5) is 0 Å². The van der Waals surface area contributed by atoms with Crippen molar-refractivity contribution in [2.24, 2.45) is 17.4 Å². The Kier molecular flexibility index (Phi) is 3.81. The van der Waals surface area contributed by atoms with Gasteiger partial charge in [0.15, 0.2) is 0 Å². The average molecular weight is 239 g/mol. The summed E-state index contributed by atoms with van der Waals surface area (Å²) in [6.45, 7) is 4.66. The number of nitrogens with two attached hydrogens (primary N) is 2. The maximum atomic E-state index is 6.07. The third-order valence-electron chi connectivity index (χ3n) is 5.02. The zero-order valence-electron chi connectivity index (χ0n) is 11.5. The van der Waals surface area contributed by atoms with Gasteiger partial charge in [0, 0.05) is 11.6 Å². The largest absolute Gasteiger partial charge is 0.313 e. The fraction of sp³-hybridized carbons (Fsp3) is 1.00. The predicted molar refractivity (Wildman–Crippen MR) is 72.5 cm³/mol. The van der Waals surface area contributed by atoms with Crippen LogP contribution >= 0.6 is 0 Å².